The number of benzene rings is 1. The molecule has 0 spiro atoms. The molecular formula is C16H16ClN5O. The highest BCUT2D eigenvalue weighted by atomic mass is 35.5. The maximum atomic E-state index is 12.5. The molecule has 118 valence electrons. The van der Waals surface area contributed by atoms with E-state index in [1.54, 1.807) is 12.1 Å². The van der Waals surface area contributed by atoms with Crippen molar-refractivity contribution in [3.8, 4) is 11.3 Å². The Morgan fingerprint density at radius 2 is 1.96 bits per heavy atom. The second-order valence-electron chi connectivity index (χ2n) is 5.48. The largest absolute Gasteiger partial charge is 0.305 e. The Kier molecular flexibility index (Phi) is 4.16. The smallest absolute Gasteiger partial charge is 0.260 e. The molecule has 0 saturated carbocycles. The minimum absolute atomic E-state index is 0.273. The van der Waals surface area contributed by atoms with Crippen LogP contribution in [0.4, 0.5) is 5.82 Å². The molecule has 0 aliphatic rings. The SMILES string of the molecule is CC(C)c1cc(NC(=O)c2cn[nH]c2-c2ccc(Cl)cc2)n[nH]1. The molecule has 0 atom stereocenters. The van der Waals surface area contributed by atoms with Gasteiger partial charge in [0, 0.05) is 22.3 Å². The zero-order valence-corrected chi connectivity index (χ0v) is 13.5. The number of carbonyl (C=O) groups is 1. The van der Waals surface area contributed by atoms with Crippen LogP contribution in [0.25, 0.3) is 11.3 Å². The van der Waals surface area contributed by atoms with Crippen LogP contribution in [0.15, 0.2) is 36.5 Å². The lowest BCUT2D eigenvalue weighted by Gasteiger charge is -2.04. The minimum atomic E-state index is -0.273. The third-order valence-electron chi connectivity index (χ3n) is 3.48. The fourth-order valence-corrected chi connectivity index (χ4v) is 2.30. The molecule has 0 saturated heterocycles. The molecule has 3 rings (SSSR count). The number of nitrogens with one attached hydrogen (secondary N) is 3. The van der Waals surface area contributed by atoms with E-state index in [0.717, 1.165) is 11.3 Å². The number of anilines is 1. The van der Waals surface area contributed by atoms with E-state index in [1.165, 1.54) is 6.20 Å². The molecule has 6 nitrogen and oxygen atoms in total. The molecule has 2 heterocycles. The van der Waals surface area contributed by atoms with Crippen molar-refractivity contribution in [2.75, 3.05) is 5.32 Å². The van der Waals surface area contributed by atoms with Crippen LogP contribution in [0, 0.1) is 0 Å². The van der Waals surface area contributed by atoms with Gasteiger partial charge in [0.2, 0.25) is 0 Å². The van der Waals surface area contributed by atoms with E-state index in [-0.39, 0.29) is 5.91 Å². The highest BCUT2D eigenvalue weighted by molar-refractivity contribution is 6.30. The molecule has 23 heavy (non-hydrogen) atoms. The van der Waals surface area contributed by atoms with E-state index in [2.05, 4.69) is 25.7 Å². The van der Waals surface area contributed by atoms with Crippen molar-refractivity contribution in [1.29, 1.82) is 0 Å². The number of carbonyl (C=O) groups excluding carboxylic acids is 1. The molecule has 0 unspecified atom stereocenters. The first-order valence-corrected chi connectivity index (χ1v) is 7.58. The highest BCUT2D eigenvalue weighted by Gasteiger charge is 2.16. The van der Waals surface area contributed by atoms with Crippen LogP contribution < -0.4 is 5.32 Å². The first kappa shape index (κ1) is 15.3. The van der Waals surface area contributed by atoms with Gasteiger partial charge in [-0.1, -0.05) is 37.6 Å². The van der Waals surface area contributed by atoms with Crippen molar-refractivity contribution in [3.05, 3.63) is 52.8 Å². The summed E-state index contributed by atoms with van der Waals surface area (Å²) >= 11 is 5.89. The minimum Gasteiger partial charge on any atom is -0.305 e. The standard InChI is InChI=1S/C16H16ClN5O/c1-9(2)13-7-14(21-20-13)19-16(23)12-8-18-22-15(12)10-3-5-11(17)6-4-10/h3-9H,1-2H3,(H,18,22)(H2,19,20,21,23). The Labute approximate surface area is 138 Å². The van der Waals surface area contributed by atoms with Crippen molar-refractivity contribution >= 4 is 23.3 Å². The van der Waals surface area contributed by atoms with Crippen LogP contribution in [0.1, 0.15) is 35.8 Å². The van der Waals surface area contributed by atoms with E-state index in [9.17, 15) is 4.79 Å². The molecular weight excluding hydrogens is 314 g/mol. The van der Waals surface area contributed by atoms with Gasteiger partial charge in [-0.15, -0.1) is 0 Å². The van der Waals surface area contributed by atoms with Gasteiger partial charge in [-0.05, 0) is 18.1 Å². The zero-order valence-electron chi connectivity index (χ0n) is 12.7. The van der Waals surface area contributed by atoms with E-state index < -0.39 is 0 Å². The Hall–Kier alpha value is -2.60. The summed E-state index contributed by atoms with van der Waals surface area (Å²) in [6.45, 7) is 4.10. The quantitative estimate of drug-likeness (QED) is 0.680. The first-order valence-electron chi connectivity index (χ1n) is 7.20. The maximum absolute atomic E-state index is 12.5. The molecule has 2 aromatic heterocycles. The zero-order chi connectivity index (χ0) is 16.4. The number of H-pyrrole nitrogens is 2. The number of nitrogens with zero attached hydrogens (tertiary/aromatic N) is 2. The monoisotopic (exact) mass is 329 g/mol. The lowest BCUT2D eigenvalue weighted by atomic mass is 10.1. The van der Waals surface area contributed by atoms with E-state index in [4.69, 9.17) is 11.6 Å². The molecule has 0 aliphatic carbocycles. The summed E-state index contributed by atoms with van der Waals surface area (Å²) in [4.78, 5) is 12.5. The fraction of sp³-hybridized carbons (Fsp3) is 0.188. The Bertz CT molecular complexity index is 819. The number of hydrogen-bond donors (Lipinski definition) is 3. The van der Waals surface area contributed by atoms with Crippen molar-refractivity contribution < 1.29 is 4.79 Å². The van der Waals surface area contributed by atoms with Crippen molar-refractivity contribution in [3.63, 3.8) is 0 Å². The Morgan fingerprint density at radius 1 is 1.22 bits per heavy atom. The van der Waals surface area contributed by atoms with Crippen LogP contribution in [0.3, 0.4) is 0 Å². The van der Waals surface area contributed by atoms with Crippen LogP contribution in [-0.4, -0.2) is 26.3 Å². The summed E-state index contributed by atoms with van der Waals surface area (Å²) in [6.07, 6.45) is 1.50. The van der Waals surface area contributed by atoms with Gasteiger partial charge in [-0.2, -0.15) is 10.2 Å². The predicted octanol–water partition coefficient (Wildman–Crippen LogP) is 3.83. The summed E-state index contributed by atoms with van der Waals surface area (Å²) in [5, 5.41) is 17.2. The normalized spacial score (nSPS) is 11.0. The van der Waals surface area contributed by atoms with Crippen LogP contribution in [-0.2, 0) is 0 Å². The molecule has 0 radical (unpaired) electrons. The van der Waals surface area contributed by atoms with Crippen LogP contribution in [0.5, 0.6) is 0 Å². The van der Waals surface area contributed by atoms with Gasteiger partial charge in [-0.3, -0.25) is 15.0 Å². The topological polar surface area (TPSA) is 86.5 Å². The summed E-state index contributed by atoms with van der Waals surface area (Å²) < 4.78 is 0. The molecule has 3 aromatic rings. The molecule has 1 amide bonds. The number of aromatic nitrogens is 4. The molecule has 3 N–H and O–H groups in total. The van der Waals surface area contributed by atoms with Crippen molar-refractivity contribution in [2.24, 2.45) is 0 Å². The second-order valence-corrected chi connectivity index (χ2v) is 5.92. The lowest BCUT2D eigenvalue weighted by molar-refractivity contribution is 0.102. The lowest BCUT2D eigenvalue weighted by Crippen LogP contribution is -2.12. The second kappa shape index (κ2) is 6.26. The van der Waals surface area contributed by atoms with Gasteiger partial charge in [0.15, 0.2) is 5.82 Å². The van der Waals surface area contributed by atoms with Gasteiger partial charge < -0.3 is 5.32 Å². The molecule has 7 heteroatoms. The number of halogens is 1. The molecule has 0 aliphatic heterocycles. The number of amides is 1. The van der Waals surface area contributed by atoms with Gasteiger partial charge in [0.1, 0.15) is 0 Å². The molecule has 0 bridgehead atoms. The Balaban J connectivity index is 1.83. The van der Waals surface area contributed by atoms with Crippen molar-refractivity contribution in [1.82, 2.24) is 20.4 Å². The van der Waals surface area contributed by atoms with Crippen molar-refractivity contribution in [2.45, 2.75) is 19.8 Å². The summed E-state index contributed by atoms with van der Waals surface area (Å²) in [6, 6.07) is 9.02. The number of rotatable bonds is 4. The predicted molar refractivity (Wildman–Crippen MR) is 89.7 cm³/mol. The van der Waals surface area contributed by atoms with Gasteiger partial charge in [0.25, 0.3) is 5.91 Å². The molecule has 0 fully saturated rings. The van der Waals surface area contributed by atoms with Gasteiger partial charge in [0.05, 0.1) is 17.5 Å². The van der Waals surface area contributed by atoms with E-state index >= 15 is 0 Å². The average Bonchev–Trinajstić information content (AvgIpc) is 3.16. The number of hydrogen-bond acceptors (Lipinski definition) is 3. The van der Waals surface area contributed by atoms with Gasteiger partial charge >= 0.3 is 0 Å². The Morgan fingerprint density at radius 3 is 2.61 bits per heavy atom. The maximum Gasteiger partial charge on any atom is 0.260 e. The van der Waals surface area contributed by atoms with E-state index in [1.807, 2.05) is 32.0 Å². The summed E-state index contributed by atoms with van der Waals surface area (Å²) in [5.74, 6) is 0.527. The van der Waals surface area contributed by atoms with Gasteiger partial charge in [-0.25, -0.2) is 0 Å². The van der Waals surface area contributed by atoms with Crippen LogP contribution in [0.2, 0.25) is 5.02 Å². The molecule has 1 aromatic carbocycles. The van der Waals surface area contributed by atoms with E-state index in [0.29, 0.717) is 28.0 Å². The average molecular weight is 330 g/mol. The number of aromatic amines is 2. The summed E-state index contributed by atoms with van der Waals surface area (Å²) in [5.41, 5.74) is 2.88. The third-order valence-corrected chi connectivity index (χ3v) is 3.73. The highest BCUT2D eigenvalue weighted by Crippen LogP contribution is 2.24. The fourth-order valence-electron chi connectivity index (χ4n) is 2.17. The van der Waals surface area contributed by atoms with Crippen LogP contribution >= 0.6 is 11.6 Å². The summed E-state index contributed by atoms with van der Waals surface area (Å²) in [7, 11) is 0. The first-order chi connectivity index (χ1) is 11.0. The third kappa shape index (κ3) is 3.27.